The predicted molar refractivity (Wildman–Crippen MR) is 120 cm³/mol. The Morgan fingerprint density at radius 1 is 1.08 bits per heavy atom. The van der Waals surface area contributed by atoms with E-state index in [0.29, 0.717) is 0 Å². The van der Waals surface area contributed by atoms with Crippen molar-refractivity contribution in [2.45, 2.75) is 64.4 Å². The summed E-state index contributed by atoms with van der Waals surface area (Å²) in [6.45, 7) is 13.2. The number of halogens is 1. The maximum Gasteiger partial charge on any atom is 0.501 e. The third kappa shape index (κ3) is 9.11. The average Bonchev–Trinajstić information content (AvgIpc) is 2.96. The standard InChI is InChI=1S/C16H32N2O3Si.H2IPS.Y/c1-14-11-18-12-15(2)20-22(19-14,21-16(3)13-18)10-6-9-17-7-4-5-8-17;1-3-2;/h14-16H,4-13H2,1-3H3;2-3H;/i;3T;. The van der Waals surface area contributed by atoms with E-state index < -0.39 is 8.80 Å². The normalized spacial score (nSPS) is 39.5. The van der Waals surface area contributed by atoms with E-state index in [-0.39, 0.29) is 59.0 Å². The van der Waals surface area contributed by atoms with Crippen molar-refractivity contribution in [1.82, 2.24) is 9.80 Å². The molecule has 4 rings (SSSR count). The predicted octanol–water partition coefficient (Wildman–Crippen LogP) is 3.16. The van der Waals surface area contributed by atoms with Gasteiger partial charge in [0.1, 0.15) is 1.12 Å². The second-order valence-electron chi connectivity index (χ2n) is 7.42. The van der Waals surface area contributed by atoms with Gasteiger partial charge in [-0.05, 0) is 80.9 Å². The summed E-state index contributed by atoms with van der Waals surface area (Å²) < 4.78 is 25.7. The van der Waals surface area contributed by atoms with Crippen molar-refractivity contribution < 1.29 is 46.0 Å². The Hall–Kier alpha value is 2.50. The van der Waals surface area contributed by atoms with E-state index in [1.54, 1.807) is 0 Å². The van der Waals surface area contributed by atoms with Crippen molar-refractivity contribution in [3.63, 3.8) is 0 Å². The third-order valence-corrected chi connectivity index (χ3v) is 8.09. The van der Waals surface area contributed by atoms with E-state index in [1.165, 1.54) is 25.9 Å². The van der Waals surface area contributed by atoms with Crippen molar-refractivity contribution in [2.24, 2.45) is 0 Å². The Bertz CT molecular complexity index is 431. The quantitative estimate of drug-likeness (QED) is 0.229. The first-order valence-corrected chi connectivity index (χ1v) is 15.9. The minimum Gasteiger partial charge on any atom is -0.369 e. The molecule has 4 unspecified atom stereocenters. The maximum absolute atomic E-state index is 6.51. The van der Waals surface area contributed by atoms with Crippen LogP contribution in [0, 0.1) is 0 Å². The Morgan fingerprint density at radius 3 is 1.92 bits per heavy atom. The zero-order chi connectivity index (χ0) is 19.2. The molecule has 4 fully saturated rings. The van der Waals surface area contributed by atoms with Crippen LogP contribution >= 0.6 is 29.2 Å². The van der Waals surface area contributed by atoms with Crippen LogP contribution in [-0.4, -0.2) is 77.3 Å². The van der Waals surface area contributed by atoms with Crippen LogP contribution in [-0.2, 0) is 54.0 Å². The van der Waals surface area contributed by atoms with Crippen molar-refractivity contribution in [2.75, 3.05) is 39.3 Å². The van der Waals surface area contributed by atoms with Gasteiger partial charge in [0.05, 0.1) is 18.3 Å². The second kappa shape index (κ2) is 13.7. The SMILES string of the molecule is CC1CN2CC(C)O[Si](CCCN3CCCC3)(O1)OC(C)C2.[3H]S(=P)I.[Y]. The van der Waals surface area contributed by atoms with E-state index in [4.69, 9.17) is 14.4 Å². The summed E-state index contributed by atoms with van der Waals surface area (Å²) in [4.78, 5) is 4.98. The molecular formula is C16H34IN2O3PSSiY. The minimum absolute atomic E-state index is 0. The van der Waals surface area contributed by atoms with Crippen LogP contribution in [0.5, 0.6) is 0 Å². The number of likely N-dealkylation sites (tertiary alicyclic amines) is 1. The fourth-order valence-corrected chi connectivity index (χ4v) is 7.31. The molecule has 4 saturated heterocycles. The second-order valence-corrected chi connectivity index (χ2v) is 14.6. The van der Waals surface area contributed by atoms with E-state index in [9.17, 15) is 0 Å². The molecule has 1 radical (unpaired) electrons. The van der Waals surface area contributed by atoms with Gasteiger partial charge in [0, 0.05) is 58.4 Å². The molecule has 0 N–H and O–H groups in total. The molecule has 4 aliphatic rings. The van der Waals surface area contributed by atoms with Gasteiger partial charge in [-0.2, -0.15) is 0 Å². The van der Waals surface area contributed by atoms with Crippen LogP contribution in [0.2, 0.25) is 6.04 Å². The van der Waals surface area contributed by atoms with Crippen LogP contribution < -0.4 is 0 Å². The molecule has 0 aromatic rings. The van der Waals surface area contributed by atoms with Gasteiger partial charge in [-0.15, -0.1) is 8.02 Å². The zero-order valence-corrected chi connectivity index (χ0v) is 24.1. The van der Waals surface area contributed by atoms with Gasteiger partial charge in [-0.3, -0.25) is 4.90 Å². The first-order chi connectivity index (χ1) is 12.3. The van der Waals surface area contributed by atoms with Gasteiger partial charge >= 0.3 is 8.80 Å². The summed E-state index contributed by atoms with van der Waals surface area (Å²) >= 11 is 1.95. The van der Waals surface area contributed by atoms with Gasteiger partial charge in [0.2, 0.25) is 0 Å². The number of hydrogen-bond donors (Lipinski definition) is 1. The molecule has 0 spiro atoms. The minimum atomic E-state index is -2.54. The summed E-state index contributed by atoms with van der Waals surface area (Å²) in [5.74, 6) is 0. The summed E-state index contributed by atoms with van der Waals surface area (Å²) in [5, 5.41) is 0. The molecule has 4 heterocycles. The molecular weight excluding hydrogens is 575 g/mol. The summed E-state index contributed by atoms with van der Waals surface area (Å²) in [5.41, 5.74) is 0. The Balaban J connectivity index is 0.000000666. The van der Waals surface area contributed by atoms with Gasteiger partial charge in [-0.25, -0.2) is 0 Å². The van der Waals surface area contributed by atoms with Gasteiger partial charge in [-0.1, -0.05) is 8.02 Å². The van der Waals surface area contributed by atoms with E-state index in [2.05, 4.69) is 38.6 Å². The number of rotatable bonds is 4. The molecule has 10 heteroatoms. The van der Waals surface area contributed by atoms with Crippen LogP contribution in [0.3, 0.4) is 0 Å². The molecule has 0 amide bonds. The third-order valence-electron chi connectivity index (χ3n) is 4.84. The first kappa shape index (κ1) is 24.8. The average molecular weight is 611 g/mol. The zero-order valence-electron chi connectivity index (χ0n) is 17.3. The number of hydrogen-bond acceptors (Lipinski definition) is 5. The molecule has 26 heavy (non-hydrogen) atoms. The van der Waals surface area contributed by atoms with Gasteiger partial charge in [0.25, 0.3) is 0 Å². The molecule has 0 saturated carbocycles. The Kier molecular flexibility index (Phi) is 13.1. The summed E-state index contributed by atoms with van der Waals surface area (Å²) in [6.07, 6.45) is 4.46. The summed E-state index contributed by atoms with van der Waals surface area (Å²) in [6, 6.07) is 0.961. The van der Waals surface area contributed by atoms with Gasteiger partial charge < -0.3 is 18.2 Å². The fourth-order valence-electron chi connectivity index (χ4n) is 4.13. The molecule has 5 nitrogen and oxygen atoms in total. The van der Waals surface area contributed by atoms with Crippen LogP contribution in [0.25, 0.3) is 0 Å². The molecule has 4 aliphatic heterocycles. The van der Waals surface area contributed by atoms with Crippen LogP contribution in [0.4, 0.5) is 0 Å². The Labute approximate surface area is 204 Å². The fraction of sp³-hybridized carbons (Fsp3) is 1.00. The van der Waals surface area contributed by atoms with E-state index in [1.807, 2.05) is 21.2 Å². The van der Waals surface area contributed by atoms with Crippen molar-refractivity contribution >= 4 is 46.0 Å². The largest absolute Gasteiger partial charge is 0.501 e. The van der Waals surface area contributed by atoms with Gasteiger partial charge in [0.15, 0.2) is 0 Å². The monoisotopic (exact) mass is 611 g/mol. The Morgan fingerprint density at radius 2 is 1.50 bits per heavy atom. The molecule has 2 bridgehead atoms. The van der Waals surface area contributed by atoms with E-state index in [0.717, 1.165) is 38.6 Å². The smallest absolute Gasteiger partial charge is 0.369 e. The van der Waals surface area contributed by atoms with E-state index >= 15 is 0 Å². The molecule has 0 aliphatic carbocycles. The van der Waals surface area contributed by atoms with Crippen molar-refractivity contribution in [3.05, 3.63) is 0 Å². The summed E-state index contributed by atoms with van der Waals surface area (Å²) in [7, 11) is 0.115. The first-order valence-electron chi connectivity index (χ1n) is 9.79. The number of nitrogens with zero attached hydrogens (tertiary/aromatic N) is 2. The maximum atomic E-state index is 6.51. The van der Waals surface area contributed by atoms with Crippen molar-refractivity contribution in [1.29, 1.82) is 1.12 Å². The van der Waals surface area contributed by atoms with Crippen LogP contribution in [0.1, 0.15) is 40.0 Å². The number of thiol groups is 1. The van der Waals surface area contributed by atoms with Crippen LogP contribution in [0.15, 0.2) is 0 Å². The van der Waals surface area contributed by atoms with Crippen molar-refractivity contribution in [3.8, 4) is 0 Å². The molecule has 151 valence electrons. The molecule has 0 aromatic heterocycles. The number of fused-ring (bicyclic) bond motifs is 6. The molecule has 4 atom stereocenters. The molecule has 0 aromatic carbocycles. The topological polar surface area (TPSA) is 34.2 Å².